The zero-order valence-electron chi connectivity index (χ0n) is 23.2. The Hall–Kier alpha value is -3.85. The van der Waals surface area contributed by atoms with Crippen molar-refractivity contribution < 1.29 is 22.7 Å². The molecule has 0 aliphatic heterocycles. The summed E-state index contributed by atoms with van der Waals surface area (Å²) in [7, 11) is -2.52. The molecule has 1 aliphatic carbocycles. The lowest BCUT2D eigenvalue weighted by Gasteiger charge is -2.33. The van der Waals surface area contributed by atoms with Crippen LogP contribution in [0.15, 0.2) is 83.8 Å². The number of rotatable bonds is 11. The van der Waals surface area contributed by atoms with Crippen LogP contribution in [-0.4, -0.2) is 50.9 Å². The standard InChI is InChI=1S/C31H37N3O5S/c1-23-12-7-10-19-29(23)34(40(37,38)28-17-5-4-6-18-28)22-30(35)33(21-25-13-11-16-27(20-25)39-3)24(2)31(36)32-26-14-8-9-15-26/h4-7,10-13,16-20,24,26H,8-9,14-15,21-22H2,1-3H3,(H,32,36)/t24-/m1/s1. The number of hydrogen-bond acceptors (Lipinski definition) is 5. The minimum Gasteiger partial charge on any atom is -0.497 e. The molecule has 9 heteroatoms. The van der Waals surface area contributed by atoms with E-state index in [0.717, 1.165) is 35.6 Å². The van der Waals surface area contributed by atoms with Crippen molar-refractivity contribution in [3.63, 3.8) is 0 Å². The average molecular weight is 564 g/mol. The van der Waals surface area contributed by atoms with Crippen molar-refractivity contribution in [3.8, 4) is 5.75 Å². The van der Waals surface area contributed by atoms with Gasteiger partial charge in [-0.3, -0.25) is 13.9 Å². The Kier molecular flexibility index (Phi) is 9.47. The second kappa shape index (κ2) is 13.0. The first-order valence-electron chi connectivity index (χ1n) is 13.6. The van der Waals surface area contributed by atoms with Gasteiger partial charge >= 0.3 is 0 Å². The molecule has 40 heavy (non-hydrogen) atoms. The van der Waals surface area contributed by atoms with Crippen LogP contribution in [0.25, 0.3) is 0 Å². The molecule has 0 bridgehead atoms. The molecular weight excluding hydrogens is 526 g/mol. The largest absolute Gasteiger partial charge is 0.497 e. The third-order valence-corrected chi connectivity index (χ3v) is 9.12. The number of methoxy groups -OCH3 is 1. The fraction of sp³-hybridized carbons (Fsp3) is 0.355. The number of benzene rings is 3. The summed E-state index contributed by atoms with van der Waals surface area (Å²) in [5, 5.41) is 3.08. The Morgan fingerprint density at radius 1 is 0.975 bits per heavy atom. The molecule has 3 aromatic carbocycles. The van der Waals surface area contributed by atoms with E-state index in [1.807, 2.05) is 24.3 Å². The molecule has 0 aromatic heterocycles. The van der Waals surface area contributed by atoms with E-state index in [1.54, 1.807) is 63.4 Å². The van der Waals surface area contributed by atoms with E-state index < -0.39 is 28.5 Å². The second-order valence-corrected chi connectivity index (χ2v) is 12.0. The zero-order valence-corrected chi connectivity index (χ0v) is 24.1. The molecule has 0 unspecified atom stereocenters. The number of carbonyl (C=O) groups excluding carboxylic acids is 2. The van der Waals surface area contributed by atoms with E-state index in [2.05, 4.69) is 5.32 Å². The average Bonchev–Trinajstić information content (AvgIpc) is 3.48. The van der Waals surface area contributed by atoms with E-state index in [1.165, 1.54) is 17.0 Å². The quantitative estimate of drug-likeness (QED) is 0.366. The van der Waals surface area contributed by atoms with Gasteiger partial charge in [0, 0.05) is 12.6 Å². The number of nitrogens with one attached hydrogen (secondary N) is 1. The maximum atomic E-state index is 14.1. The molecule has 1 N–H and O–H groups in total. The Bertz CT molecular complexity index is 1420. The van der Waals surface area contributed by atoms with Gasteiger partial charge in [0.25, 0.3) is 10.0 Å². The van der Waals surface area contributed by atoms with E-state index >= 15 is 0 Å². The minimum atomic E-state index is -4.09. The molecule has 212 valence electrons. The first kappa shape index (κ1) is 29.1. The fourth-order valence-electron chi connectivity index (χ4n) is 5.02. The Morgan fingerprint density at radius 3 is 2.33 bits per heavy atom. The van der Waals surface area contributed by atoms with Crippen LogP contribution in [0.3, 0.4) is 0 Å². The third-order valence-electron chi connectivity index (χ3n) is 7.35. The molecule has 0 radical (unpaired) electrons. The SMILES string of the molecule is COc1cccc(CN(C(=O)CN(c2ccccc2C)S(=O)(=O)c2ccccc2)[C@H](C)C(=O)NC2CCCC2)c1. The number of nitrogens with zero attached hydrogens (tertiary/aromatic N) is 2. The van der Waals surface area contributed by atoms with Crippen molar-refractivity contribution in [2.24, 2.45) is 0 Å². The topological polar surface area (TPSA) is 96.0 Å². The Balaban J connectivity index is 1.69. The summed E-state index contributed by atoms with van der Waals surface area (Å²) in [5.74, 6) is -0.114. The number of sulfonamides is 1. The van der Waals surface area contributed by atoms with Crippen LogP contribution >= 0.6 is 0 Å². The van der Waals surface area contributed by atoms with Crippen LogP contribution in [-0.2, 0) is 26.2 Å². The lowest BCUT2D eigenvalue weighted by molar-refractivity contribution is -0.139. The molecule has 0 spiro atoms. The second-order valence-electron chi connectivity index (χ2n) is 10.2. The first-order valence-corrected chi connectivity index (χ1v) is 15.0. The summed E-state index contributed by atoms with van der Waals surface area (Å²) < 4.78 is 34.2. The number of hydrogen-bond donors (Lipinski definition) is 1. The molecule has 8 nitrogen and oxygen atoms in total. The molecular formula is C31H37N3O5S. The number of amides is 2. The number of carbonyl (C=O) groups is 2. The van der Waals surface area contributed by atoms with Crippen molar-refractivity contribution in [2.45, 2.75) is 63.1 Å². The zero-order chi connectivity index (χ0) is 28.7. The predicted molar refractivity (Wildman–Crippen MR) is 156 cm³/mol. The van der Waals surface area contributed by atoms with Crippen molar-refractivity contribution in [3.05, 3.63) is 90.0 Å². The Labute approximate surface area is 237 Å². The van der Waals surface area contributed by atoms with E-state index in [9.17, 15) is 18.0 Å². The van der Waals surface area contributed by atoms with Crippen molar-refractivity contribution in [2.75, 3.05) is 18.0 Å². The third kappa shape index (κ3) is 6.83. The fourth-order valence-corrected chi connectivity index (χ4v) is 6.52. The summed E-state index contributed by atoms with van der Waals surface area (Å²) in [6.07, 6.45) is 3.96. The maximum Gasteiger partial charge on any atom is 0.264 e. The van der Waals surface area contributed by atoms with Gasteiger partial charge in [-0.2, -0.15) is 0 Å². The molecule has 3 aromatic rings. The summed E-state index contributed by atoms with van der Waals surface area (Å²) in [4.78, 5) is 28.9. The van der Waals surface area contributed by atoms with E-state index in [-0.39, 0.29) is 23.4 Å². The summed E-state index contributed by atoms with van der Waals surface area (Å²) in [6.45, 7) is 3.14. The van der Waals surface area contributed by atoms with Gasteiger partial charge in [-0.15, -0.1) is 0 Å². The van der Waals surface area contributed by atoms with Gasteiger partial charge in [-0.05, 0) is 68.1 Å². The van der Waals surface area contributed by atoms with Crippen LogP contribution in [0.5, 0.6) is 5.75 Å². The van der Waals surface area contributed by atoms with Crippen LogP contribution in [0, 0.1) is 6.92 Å². The number of anilines is 1. The highest BCUT2D eigenvalue weighted by molar-refractivity contribution is 7.92. The van der Waals surface area contributed by atoms with Crippen LogP contribution in [0.4, 0.5) is 5.69 Å². The molecule has 1 saturated carbocycles. The molecule has 4 rings (SSSR count). The lowest BCUT2D eigenvalue weighted by Crippen LogP contribution is -2.52. The van der Waals surface area contributed by atoms with Gasteiger partial charge < -0.3 is 15.0 Å². The van der Waals surface area contributed by atoms with Gasteiger partial charge in [0.1, 0.15) is 18.3 Å². The van der Waals surface area contributed by atoms with Crippen molar-refractivity contribution in [1.29, 1.82) is 0 Å². The Morgan fingerprint density at radius 2 is 1.65 bits per heavy atom. The summed E-state index contributed by atoms with van der Waals surface area (Å²) in [6, 6.07) is 21.7. The predicted octanol–water partition coefficient (Wildman–Crippen LogP) is 4.68. The van der Waals surface area contributed by atoms with Gasteiger partial charge in [-0.25, -0.2) is 8.42 Å². The van der Waals surface area contributed by atoms with Crippen molar-refractivity contribution in [1.82, 2.24) is 10.2 Å². The first-order chi connectivity index (χ1) is 19.2. The molecule has 2 amide bonds. The molecule has 0 saturated heterocycles. The smallest absolute Gasteiger partial charge is 0.264 e. The molecule has 1 aliphatic rings. The monoisotopic (exact) mass is 563 g/mol. The summed E-state index contributed by atoms with van der Waals surface area (Å²) >= 11 is 0. The highest BCUT2D eigenvalue weighted by Gasteiger charge is 2.33. The van der Waals surface area contributed by atoms with Crippen molar-refractivity contribution >= 4 is 27.5 Å². The van der Waals surface area contributed by atoms with Crippen LogP contribution < -0.4 is 14.4 Å². The minimum absolute atomic E-state index is 0.0809. The van der Waals surface area contributed by atoms with Gasteiger partial charge in [0.15, 0.2) is 0 Å². The highest BCUT2D eigenvalue weighted by Crippen LogP contribution is 2.27. The summed E-state index contributed by atoms with van der Waals surface area (Å²) in [5.41, 5.74) is 1.88. The van der Waals surface area contributed by atoms with E-state index in [4.69, 9.17) is 4.74 Å². The highest BCUT2D eigenvalue weighted by atomic mass is 32.2. The van der Waals surface area contributed by atoms with Gasteiger partial charge in [0.2, 0.25) is 11.8 Å². The lowest BCUT2D eigenvalue weighted by atomic mass is 10.1. The molecule has 1 fully saturated rings. The number of aryl methyl sites for hydroxylation is 1. The normalized spacial score (nSPS) is 14.4. The number of ether oxygens (including phenoxy) is 1. The van der Waals surface area contributed by atoms with Crippen LogP contribution in [0.2, 0.25) is 0 Å². The van der Waals surface area contributed by atoms with Crippen LogP contribution in [0.1, 0.15) is 43.7 Å². The van der Waals surface area contributed by atoms with Gasteiger partial charge in [0.05, 0.1) is 17.7 Å². The molecule has 0 heterocycles. The van der Waals surface area contributed by atoms with Gasteiger partial charge in [-0.1, -0.05) is 61.4 Å². The maximum absolute atomic E-state index is 14.1. The number of para-hydroxylation sites is 1. The molecule has 1 atom stereocenters. The van der Waals surface area contributed by atoms with E-state index in [0.29, 0.717) is 17.0 Å².